The minimum absolute atomic E-state index is 0.0851. The lowest BCUT2D eigenvalue weighted by molar-refractivity contribution is 0.0600. The van der Waals surface area contributed by atoms with Crippen molar-refractivity contribution in [3.8, 4) is 0 Å². The van der Waals surface area contributed by atoms with E-state index in [2.05, 4.69) is 9.72 Å². The number of aromatic nitrogens is 1. The van der Waals surface area contributed by atoms with Crippen LogP contribution in [0.1, 0.15) is 10.4 Å². The van der Waals surface area contributed by atoms with Gasteiger partial charge in [-0.25, -0.2) is 18.2 Å². The lowest BCUT2D eigenvalue weighted by Gasteiger charge is -2.02. The van der Waals surface area contributed by atoms with E-state index >= 15 is 0 Å². The summed E-state index contributed by atoms with van der Waals surface area (Å²) in [4.78, 5) is 15.3. The van der Waals surface area contributed by atoms with Gasteiger partial charge in [0.15, 0.2) is 0 Å². The number of hydrogen-bond donors (Lipinski definition) is 0. The number of carbonyl (C=O) groups is 1. The summed E-state index contributed by atoms with van der Waals surface area (Å²) in [5.74, 6) is 0.0653. The predicted octanol–water partition coefficient (Wildman–Crippen LogP) is 1.00. The van der Waals surface area contributed by atoms with Gasteiger partial charge in [0, 0.05) is 18.2 Å². The molecule has 17 heavy (non-hydrogen) atoms. The molecule has 0 radical (unpaired) electrons. The Bertz CT molecular complexity index is 499. The Morgan fingerprint density at radius 3 is 2.82 bits per heavy atom. The number of ether oxygens (including phenoxy) is 1. The van der Waals surface area contributed by atoms with Gasteiger partial charge in [-0.2, -0.15) is 0 Å². The molecule has 7 heteroatoms. The molecule has 0 aromatic carbocycles. The molecule has 0 aliphatic carbocycles. The summed E-state index contributed by atoms with van der Waals surface area (Å²) in [6, 6.07) is 3.13. The van der Waals surface area contributed by atoms with Crippen LogP contribution in [0.4, 0.5) is 0 Å². The molecular formula is C10H13NO4S2. The number of carbonyl (C=O) groups excluding carboxylic acids is 1. The average Bonchev–Trinajstić information content (AvgIpc) is 2.27. The van der Waals surface area contributed by atoms with Crippen molar-refractivity contribution in [1.29, 1.82) is 0 Å². The zero-order valence-corrected chi connectivity index (χ0v) is 11.2. The molecule has 94 valence electrons. The highest BCUT2D eigenvalue weighted by atomic mass is 32.2. The fourth-order valence-corrected chi connectivity index (χ4v) is 3.13. The highest BCUT2D eigenvalue weighted by Crippen LogP contribution is 2.16. The molecule has 0 saturated heterocycles. The highest BCUT2D eigenvalue weighted by Gasteiger charge is 2.08. The van der Waals surface area contributed by atoms with E-state index in [-0.39, 0.29) is 5.75 Å². The van der Waals surface area contributed by atoms with Crippen LogP contribution < -0.4 is 0 Å². The maximum Gasteiger partial charge on any atom is 0.337 e. The smallest absolute Gasteiger partial charge is 0.337 e. The fraction of sp³-hybridized carbons (Fsp3) is 0.400. The summed E-state index contributed by atoms with van der Waals surface area (Å²) in [5.41, 5.74) is 0.407. The number of sulfone groups is 1. The summed E-state index contributed by atoms with van der Waals surface area (Å²) in [6.45, 7) is 0. The normalized spacial score (nSPS) is 11.2. The topological polar surface area (TPSA) is 73.3 Å². The van der Waals surface area contributed by atoms with E-state index in [0.29, 0.717) is 16.3 Å². The first kappa shape index (κ1) is 14.0. The fourth-order valence-electron chi connectivity index (χ4n) is 1.03. The zero-order valence-electron chi connectivity index (χ0n) is 9.54. The maximum absolute atomic E-state index is 11.2. The van der Waals surface area contributed by atoms with Crippen LogP contribution in [0.25, 0.3) is 0 Å². The summed E-state index contributed by atoms with van der Waals surface area (Å²) in [7, 11) is -1.66. The van der Waals surface area contributed by atoms with Gasteiger partial charge in [0.05, 0.1) is 23.5 Å². The molecule has 1 aromatic rings. The highest BCUT2D eigenvalue weighted by molar-refractivity contribution is 8.00. The first-order valence-electron chi connectivity index (χ1n) is 4.77. The summed E-state index contributed by atoms with van der Waals surface area (Å²) in [5, 5.41) is 0.608. The first-order valence-corrected chi connectivity index (χ1v) is 7.82. The van der Waals surface area contributed by atoms with Gasteiger partial charge in [0.2, 0.25) is 0 Å². The minimum atomic E-state index is -2.97. The second kappa shape index (κ2) is 6.02. The molecule has 0 N–H and O–H groups in total. The van der Waals surface area contributed by atoms with Crippen molar-refractivity contribution in [2.24, 2.45) is 0 Å². The molecule has 0 amide bonds. The van der Waals surface area contributed by atoms with Crippen LogP contribution in [0, 0.1) is 0 Å². The molecule has 0 saturated carbocycles. The second-order valence-corrected chi connectivity index (χ2v) is 6.73. The molecule has 0 fully saturated rings. The van der Waals surface area contributed by atoms with E-state index in [9.17, 15) is 13.2 Å². The Balaban J connectivity index is 2.63. The van der Waals surface area contributed by atoms with Crippen LogP contribution in [0.3, 0.4) is 0 Å². The van der Waals surface area contributed by atoms with Crippen LogP contribution >= 0.6 is 11.8 Å². The third kappa shape index (κ3) is 5.18. The van der Waals surface area contributed by atoms with E-state index in [0.717, 1.165) is 0 Å². The lowest BCUT2D eigenvalue weighted by atomic mass is 10.3. The van der Waals surface area contributed by atoms with E-state index in [1.54, 1.807) is 12.1 Å². The van der Waals surface area contributed by atoms with E-state index in [4.69, 9.17) is 0 Å². The van der Waals surface area contributed by atoms with E-state index < -0.39 is 15.8 Å². The summed E-state index contributed by atoms with van der Waals surface area (Å²) in [6.07, 6.45) is 2.68. The van der Waals surface area contributed by atoms with Crippen molar-refractivity contribution in [2.45, 2.75) is 5.03 Å². The predicted molar refractivity (Wildman–Crippen MR) is 66.0 cm³/mol. The molecule has 0 unspecified atom stereocenters. The first-order chi connectivity index (χ1) is 7.92. The Hall–Kier alpha value is -1.08. The van der Waals surface area contributed by atoms with Crippen molar-refractivity contribution in [3.63, 3.8) is 0 Å². The van der Waals surface area contributed by atoms with Crippen molar-refractivity contribution >= 4 is 27.6 Å². The Kier molecular flexibility index (Phi) is 4.95. The molecule has 0 aliphatic rings. The summed E-state index contributed by atoms with van der Waals surface area (Å²) >= 11 is 1.29. The van der Waals surface area contributed by atoms with Gasteiger partial charge in [0.25, 0.3) is 0 Å². The lowest BCUT2D eigenvalue weighted by Crippen LogP contribution is -2.05. The number of pyridine rings is 1. The molecule has 0 spiro atoms. The number of esters is 1. The summed E-state index contributed by atoms with van der Waals surface area (Å²) < 4.78 is 26.4. The van der Waals surface area contributed by atoms with Gasteiger partial charge >= 0.3 is 5.97 Å². The zero-order chi connectivity index (χ0) is 12.9. The monoisotopic (exact) mass is 275 g/mol. The molecule has 0 atom stereocenters. The number of methoxy groups -OCH3 is 1. The minimum Gasteiger partial charge on any atom is -0.465 e. The SMILES string of the molecule is COC(=O)c1ccnc(SCCS(C)(=O)=O)c1. The third-order valence-electron chi connectivity index (χ3n) is 1.86. The average molecular weight is 275 g/mol. The van der Waals surface area contributed by atoms with Crippen molar-refractivity contribution in [3.05, 3.63) is 23.9 Å². The van der Waals surface area contributed by atoms with Crippen LogP contribution in [0.5, 0.6) is 0 Å². The standard InChI is InChI=1S/C10H13NO4S2/c1-15-10(12)8-3-4-11-9(7-8)16-5-6-17(2,13)14/h3-4,7H,5-6H2,1-2H3. The Morgan fingerprint density at radius 1 is 1.53 bits per heavy atom. The van der Waals surface area contributed by atoms with Crippen molar-refractivity contribution in [2.75, 3.05) is 24.9 Å². The van der Waals surface area contributed by atoms with E-state index in [1.807, 2.05) is 0 Å². The maximum atomic E-state index is 11.2. The molecule has 1 aromatic heterocycles. The molecule has 0 bridgehead atoms. The van der Waals surface area contributed by atoms with Gasteiger partial charge in [0.1, 0.15) is 9.84 Å². The number of rotatable bonds is 5. The molecule has 0 aliphatic heterocycles. The van der Waals surface area contributed by atoms with Crippen LogP contribution in [0.2, 0.25) is 0 Å². The van der Waals surface area contributed by atoms with Gasteiger partial charge in [-0.05, 0) is 12.1 Å². The number of hydrogen-bond acceptors (Lipinski definition) is 6. The van der Waals surface area contributed by atoms with Gasteiger partial charge in [-0.3, -0.25) is 0 Å². The van der Waals surface area contributed by atoms with E-state index in [1.165, 1.54) is 31.3 Å². The number of thioether (sulfide) groups is 1. The Morgan fingerprint density at radius 2 is 2.24 bits per heavy atom. The second-order valence-electron chi connectivity index (χ2n) is 3.35. The van der Waals surface area contributed by atoms with Crippen molar-refractivity contribution in [1.82, 2.24) is 4.98 Å². The number of nitrogens with zero attached hydrogens (tertiary/aromatic N) is 1. The van der Waals surface area contributed by atoms with Gasteiger partial charge in [-0.1, -0.05) is 0 Å². The van der Waals surface area contributed by atoms with Gasteiger partial charge in [-0.15, -0.1) is 11.8 Å². The Labute approximate surface area is 104 Å². The molecule has 5 nitrogen and oxygen atoms in total. The molecule has 1 rings (SSSR count). The van der Waals surface area contributed by atoms with Crippen LogP contribution in [-0.2, 0) is 14.6 Å². The van der Waals surface area contributed by atoms with Gasteiger partial charge < -0.3 is 4.74 Å². The third-order valence-corrected chi connectivity index (χ3v) is 3.99. The molecule has 1 heterocycles. The quantitative estimate of drug-likeness (QED) is 0.589. The van der Waals surface area contributed by atoms with Crippen LogP contribution in [0.15, 0.2) is 23.4 Å². The van der Waals surface area contributed by atoms with Crippen LogP contribution in [-0.4, -0.2) is 44.2 Å². The molecular weight excluding hydrogens is 262 g/mol. The van der Waals surface area contributed by atoms with Crippen molar-refractivity contribution < 1.29 is 17.9 Å². The largest absolute Gasteiger partial charge is 0.465 e.